The lowest BCUT2D eigenvalue weighted by molar-refractivity contribution is 0.0697. The number of likely N-dealkylation sites (tertiary alicyclic amines) is 1. The molecule has 1 unspecified atom stereocenters. The highest BCUT2D eigenvalue weighted by Crippen LogP contribution is 2.18. The van der Waals surface area contributed by atoms with Crippen LogP contribution in [0.2, 0.25) is 0 Å². The predicted molar refractivity (Wildman–Crippen MR) is 67.8 cm³/mol. The van der Waals surface area contributed by atoms with Gasteiger partial charge in [-0.1, -0.05) is 6.92 Å². The summed E-state index contributed by atoms with van der Waals surface area (Å²) in [6.07, 6.45) is 3.73. The molecule has 1 saturated heterocycles. The summed E-state index contributed by atoms with van der Waals surface area (Å²) in [5.74, 6) is -0.626. The SMILES string of the molecule is CCN1CCCC1CNc1nnccc1C(=O)O. The lowest BCUT2D eigenvalue weighted by Gasteiger charge is -2.23. The Bertz CT molecular complexity index is 424. The van der Waals surface area contributed by atoms with Crippen LogP contribution in [0.4, 0.5) is 5.82 Å². The van der Waals surface area contributed by atoms with Crippen LogP contribution in [0.25, 0.3) is 0 Å². The van der Waals surface area contributed by atoms with Crippen molar-refractivity contribution in [2.45, 2.75) is 25.8 Å². The fraction of sp³-hybridized carbons (Fsp3) is 0.583. The Labute approximate surface area is 106 Å². The number of carbonyl (C=O) groups is 1. The molecule has 0 amide bonds. The van der Waals surface area contributed by atoms with Crippen LogP contribution in [-0.4, -0.2) is 51.8 Å². The number of hydrogen-bond donors (Lipinski definition) is 2. The number of carboxylic acid groups (broad SMARTS) is 1. The second kappa shape index (κ2) is 5.77. The average Bonchev–Trinajstić information content (AvgIpc) is 2.84. The van der Waals surface area contributed by atoms with Crippen molar-refractivity contribution in [1.82, 2.24) is 15.1 Å². The molecule has 1 aliphatic rings. The molecule has 18 heavy (non-hydrogen) atoms. The quantitative estimate of drug-likeness (QED) is 0.814. The maximum Gasteiger partial charge on any atom is 0.339 e. The Morgan fingerprint density at radius 3 is 3.22 bits per heavy atom. The summed E-state index contributed by atoms with van der Waals surface area (Å²) in [7, 11) is 0. The van der Waals surface area contributed by atoms with E-state index in [9.17, 15) is 4.79 Å². The number of likely N-dealkylation sites (N-methyl/N-ethyl adjacent to an activating group) is 1. The number of aromatic nitrogens is 2. The van der Waals surface area contributed by atoms with Gasteiger partial charge in [0.15, 0.2) is 5.82 Å². The average molecular weight is 250 g/mol. The van der Waals surface area contributed by atoms with Gasteiger partial charge in [-0.3, -0.25) is 4.90 Å². The molecule has 0 aromatic carbocycles. The number of carboxylic acids is 1. The summed E-state index contributed by atoms with van der Waals surface area (Å²) >= 11 is 0. The van der Waals surface area contributed by atoms with Gasteiger partial charge in [-0.05, 0) is 32.0 Å². The fourth-order valence-electron chi connectivity index (χ4n) is 2.39. The third-order valence-corrected chi connectivity index (χ3v) is 3.36. The highest BCUT2D eigenvalue weighted by molar-refractivity contribution is 5.92. The minimum atomic E-state index is -0.980. The second-order valence-electron chi connectivity index (χ2n) is 4.40. The highest BCUT2D eigenvalue weighted by Gasteiger charge is 2.23. The zero-order valence-corrected chi connectivity index (χ0v) is 10.5. The summed E-state index contributed by atoms with van der Waals surface area (Å²) in [4.78, 5) is 13.4. The van der Waals surface area contributed by atoms with Crippen LogP contribution in [0, 0.1) is 0 Å². The molecule has 1 aliphatic heterocycles. The Morgan fingerprint density at radius 2 is 2.50 bits per heavy atom. The molecule has 6 heteroatoms. The number of nitrogens with one attached hydrogen (secondary N) is 1. The smallest absolute Gasteiger partial charge is 0.339 e. The Hall–Kier alpha value is -1.69. The standard InChI is InChI=1S/C12H18N4O2/c1-2-16-7-3-4-9(16)8-13-11-10(12(17)18)5-6-14-15-11/h5-6,9H,2-4,7-8H2,1H3,(H,13,15)(H,17,18). The molecule has 2 heterocycles. The molecule has 6 nitrogen and oxygen atoms in total. The minimum absolute atomic E-state index is 0.172. The van der Waals surface area contributed by atoms with E-state index in [1.54, 1.807) is 0 Å². The van der Waals surface area contributed by atoms with E-state index in [4.69, 9.17) is 5.11 Å². The van der Waals surface area contributed by atoms with Crippen LogP contribution < -0.4 is 5.32 Å². The van der Waals surface area contributed by atoms with Crippen molar-refractivity contribution in [3.63, 3.8) is 0 Å². The van der Waals surface area contributed by atoms with E-state index in [2.05, 4.69) is 27.3 Å². The van der Waals surface area contributed by atoms with Crippen molar-refractivity contribution in [2.24, 2.45) is 0 Å². The van der Waals surface area contributed by atoms with E-state index in [-0.39, 0.29) is 5.56 Å². The predicted octanol–water partition coefficient (Wildman–Crippen LogP) is 1.07. The van der Waals surface area contributed by atoms with Crippen LogP contribution in [0.1, 0.15) is 30.1 Å². The van der Waals surface area contributed by atoms with Crippen LogP contribution in [0.15, 0.2) is 12.3 Å². The van der Waals surface area contributed by atoms with Crippen molar-refractivity contribution >= 4 is 11.8 Å². The van der Waals surface area contributed by atoms with Crippen molar-refractivity contribution in [3.05, 3.63) is 17.8 Å². The van der Waals surface area contributed by atoms with E-state index in [0.717, 1.165) is 19.5 Å². The summed E-state index contributed by atoms with van der Waals surface area (Å²) in [6, 6.07) is 1.92. The van der Waals surface area contributed by atoms with Crippen molar-refractivity contribution in [1.29, 1.82) is 0 Å². The first-order chi connectivity index (χ1) is 8.72. The van der Waals surface area contributed by atoms with Gasteiger partial charge >= 0.3 is 5.97 Å². The topological polar surface area (TPSA) is 78.3 Å². The molecule has 2 N–H and O–H groups in total. The molecule has 1 aromatic rings. The summed E-state index contributed by atoms with van der Waals surface area (Å²) in [5.41, 5.74) is 0.172. The molecule has 1 aromatic heterocycles. The number of rotatable bonds is 5. The number of hydrogen-bond acceptors (Lipinski definition) is 5. The molecule has 0 bridgehead atoms. The minimum Gasteiger partial charge on any atom is -0.478 e. The lowest BCUT2D eigenvalue weighted by Crippen LogP contribution is -2.35. The van der Waals surface area contributed by atoms with Gasteiger partial charge in [0, 0.05) is 12.6 Å². The lowest BCUT2D eigenvalue weighted by atomic mass is 10.2. The van der Waals surface area contributed by atoms with E-state index in [1.165, 1.54) is 18.7 Å². The van der Waals surface area contributed by atoms with Gasteiger partial charge in [0.2, 0.25) is 0 Å². The molecule has 0 spiro atoms. The fourth-order valence-corrected chi connectivity index (χ4v) is 2.39. The largest absolute Gasteiger partial charge is 0.478 e. The third-order valence-electron chi connectivity index (χ3n) is 3.36. The molecular weight excluding hydrogens is 232 g/mol. The van der Waals surface area contributed by atoms with Gasteiger partial charge in [0.05, 0.1) is 6.20 Å². The van der Waals surface area contributed by atoms with E-state index >= 15 is 0 Å². The van der Waals surface area contributed by atoms with Gasteiger partial charge in [0.25, 0.3) is 0 Å². The molecule has 0 radical (unpaired) electrons. The van der Waals surface area contributed by atoms with Crippen molar-refractivity contribution in [2.75, 3.05) is 25.0 Å². The molecular formula is C12H18N4O2. The monoisotopic (exact) mass is 250 g/mol. The molecule has 2 rings (SSSR count). The van der Waals surface area contributed by atoms with Crippen molar-refractivity contribution in [3.8, 4) is 0 Å². The second-order valence-corrected chi connectivity index (χ2v) is 4.40. The highest BCUT2D eigenvalue weighted by atomic mass is 16.4. The molecule has 1 atom stereocenters. The van der Waals surface area contributed by atoms with Gasteiger partial charge in [0.1, 0.15) is 5.56 Å². The summed E-state index contributed by atoms with van der Waals surface area (Å²) < 4.78 is 0. The van der Waals surface area contributed by atoms with Gasteiger partial charge in [-0.2, -0.15) is 5.10 Å². The first kappa shape index (κ1) is 12.8. The van der Waals surface area contributed by atoms with Gasteiger partial charge in [-0.15, -0.1) is 5.10 Å². The Morgan fingerprint density at radius 1 is 1.67 bits per heavy atom. The van der Waals surface area contributed by atoms with Crippen LogP contribution >= 0.6 is 0 Å². The van der Waals surface area contributed by atoms with E-state index < -0.39 is 5.97 Å². The van der Waals surface area contributed by atoms with E-state index in [1.807, 2.05) is 0 Å². The third kappa shape index (κ3) is 2.76. The molecule has 0 aliphatic carbocycles. The number of anilines is 1. The summed E-state index contributed by atoms with van der Waals surface area (Å²) in [5, 5.41) is 19.7. The van der Waals surface area contributed by atoms with Gasteiger partial charge < -0.3 is 10.4 Å². The first-order valence-corrected chi connectivity index (χ1v) is 6.25. The Balaban J connectivity index is 2.00. The number of aromatic carboxylic acids is 1. The Kier molecular flexibility index (Phi) is 4.09. The summed E-state index contributed by atoms with van der Waals surface area (Å²) in [6.45, 7) is 5.00. The number of nitrogens with zero attached hydrogens (tertiary/aromatic N) is 3. The van der Waals surface area contributed by atoms with Crippen LogP contribution in [0.5, 0.6) is 0 Å². The zero-order valence-electron chi connectivity index (χ0n) is 10.5. The maximum atomic E-state index is 11.0. The van der Waals surface area contributed by atoms with Crippen molar-refractivity contribution < 1.29 is 9.90 Å². The van der Waals surface area contributed by atoms with E-state index in [0.29, 0.717) is 18.4 Å². The molecule has 98 valence electrons. The molecule has 0 saturated carbocycles. The maximum absolute atomic E-state index is 11.0. The zero-order chi connectivity index (χ0) is 13.0. The normalized spacial score (nSPS) is 19.9. The first-order valence-electron chi connectivity index (χ1n) is 6.25. The van der Waals surface area contributed by atoms with Gasteiger partial charge in [-0.25, -0.2) is 4.79 Å². The molecule has 1 fully saturated rings. The van der Waals surface area contributed by atoms with Crippen LogP contribution in [-0.2, 0) is 0 Å². The van der Waals surface area contributed by atoms with Crippen LogP contribution in [0.3, 0.4) is 0 Å².